The summed E-state index contributed by atoms with van der Waals surface area (Å²) < 4.78 is 29.4. The van der Waals surface area contributed by atoms with Crippen LogP contribution in [0.5, 0.6) is 5.75 Å². The summed E-state index contributed by atoms with van der Waals surface area (Å²) in [5.41, 5.74) is 10.0. The molecule has 2 amide bonds. The lowest BCUT2D eigenvalue weighted by molar-refractivity contribution is -0.0418. The van der Waals surface area contributed by atoms with E-state index in [-0.39, 0.29) is 38.7 Å². The van der Waals surface area contributed by atoms with Crippen LogP contribution in [0.1, 0.15) is 42.1 Å². The van der Waals surface area contributed by atoms with Gasteiger partial charge in [-0.05, 0) is 66.8 Å². The van der Waals surface area contributed by atoms with Gasteiger partial charge in [0.25, 0.3) is 0 Å². The minimum atomic E-state index is -3.42. The number of aliphatic hydroxyl groups is 2. The molecule has 0 radical (unpaired) electrons. The van der Waals surface area contributed by atoms with Crippen molar-refractivity contribution in [3.8, 4) is 5.75 Å². The molecule has 2 heterocycles. The number of ether oxygens (including phenoxy) is 1. The van der Waals surface area contributed by atoms with Crippen molar-refractivity contribution < 1.29 is 33.4 Å². The first-order chi connectivity index (χ1) is 24.7. The van der Waals surface area contributed by atoms with Crippen LogP contribution in [0.2, 0.25) is 0 Å². The number of rotatable bonds is 14. The number of anilines is 1. The van der Waals surface area contributed by atoms with Gasteiger partial charge in [0.15, 0.2) is 12.2 Å². The Labute approximate surface area is 297 Å². The van der Waals surface area contributed by atoms with Gasteiger partial charge in [0.1, 0.15) is 18.0 Å². The van der Waals surface area contributed by atoms with Gasteiger partial charge in [-0.25, -0.2) is 4.79 Å². The van der Waals surface area contributed by atoms with Gasteiger partial charge in [-0.3, -0.25) is 9.66 Å². The van der Waals surface area contributed by atoms with Gasteiger partial charge in [0.2, 0.25) is 0 Å². The third-order valence-electron chi connectivity index (χ3n) is 9.05. The van der Waals surface area contributed by atoms with E-state index in [1.807, 2.05) is 91.0 Å². The number of nitrogens with one attached hydrogen (secondary N) is 1. The highest BCUT2D eigenvalue weighted by Crippen LogP contribution is 2.48. The Morgan fingerprint density at radius 1 is 0.804 bits per heavy atom. The number of aliphatic hydroxyl groups excluding tert-OH is 2. The lowest BCUT2D eigenvalue weighted by Gasteiger charge is -2.36. The molecule has 1 aromatic heterocycles. The number of nitrogen functional groups attached to an aromatic ring is 1. The van der Waals surface area contributed by atoms with Gasteiger partial charge in [0.05, 0.1) is 30.8 Å². The van der Waals surface area contributed by atoms with Crippen LogP contribution in [0.25, 0.3) is 10.9 Å². The fourth-order valence-corrected chi connectivity index (χ4v) is 7.91. The molecule has 268 valence electrons. The number of aromatic nitrogens is 2. The van der Waals surface area contributed by atoms with E-state index in [4.69, 9.17) is 19.5 Å². The molecule has 4 atom stereocenters. The zero-order chi connectivity index (χ0) is 36.0. The standard InChI is InChI=1S/C38H44N5O7P/c1-3-49-51(47,50-4-2)25-48-30-18-15-27(16-19-30)23-43-34(29-13-9-6-10-14-29)36(45)35(44)33(22-26-11-7-5-8-12-26)42(38(43)46)24-28-17-20-32-31(21-28)37(39)41-40-32/h5-21,33-36,44-45H,3-4,22-25H2,1-2H3,(H3,39,40,41)/t33-,34?,35+,36+/m1/s1. The molecule has 12 nitrogen and oxygen atoms in total. The maximum Gasteiger partial charge on any atom is 0.367 e. The second-order valence-corrected chi connectivity index (χ2v) is 14.5. The molecule has 6 rings (SSSR count). The Kier molecular flexibility index (Phi) is 11.4. The molecule has 5 aromatic rings. The van der Waals surface area contributed by atoms with Crippen LogP contribution in [0, 0.1) is 0 Å². The van der Waals surface area contributed by atoms with Gasteiger partial charge >= 0.3 is 13.6 Å². The molecule has 1 aliphatic heterocycles. The Morgan fingerprint density at radius 2 is 1.43 bits per heavy atom. The van der Waals surface area contributed by atoms with Crippen molar-refractivity contribution in [1.82, 2.24) is 20.0 Å². The molecule has 0 saturated carbocycles. The smallest absolute Gasteiger partial charge is 0.367 e. The van der Waals surface area contributed by atoms with E-state index < -0.39 is 31.9 Å². The normalized spacial score (nSPS) is 19.7. The van der Waals surface area contributed by atoms with Gasteiger partial charge in [-0.2, -0.15) is 5.10 Å². The Bertz CT molecular complexity index is 1930. The molecule has 1 saturated heterocycles. The second kappa shape index (κ2) is 16.1. The average molecular weight is 714 g/mol. The number of nitrogens with two attached hydrogens (primary N) is 1. The van der Waals surface area contributed by atoms with Crippen molar-refractivity contribution >= 4 is 30.3 Å². The molecular formula is C38H44N5O7P. The van der Waals surface area contributed by atoms with Crippen molar-refractivity contribution in [3.63, 3.8) is 0 Å². The number of carbonyl (C=O) groups is 1. The van der Waals surface area contributed by atoms with E-state index in [9.17, 15) is 14.8 Å². The molecule has 0 spiro atoms. The zero-order valence-corrected chi connectivity index (χ0v) is 29.6. The first kappa shape index (κ1) is 36.1. The minimum absolute atomic E-state index is 0.112. The molecular weight excluding hydrogens is 669 g/mol. The number of hydrogen-bond acceptors (Lipinski definition) is 9. The summed E-state index contributed by atoms with van der Waals surface area (Å²) in [5, 5.41) is 31.8. The molecule has 0 bridgehead atoms. The van der Waals surface area contributed by atoms with E-state index >= 15 is 4.79 Å². The Balaban J connectivity index is 1.36. The number of amides is 2. The molecule has 1 fully saturated rings. The summed E-state index contributed by atoms with van der Waals surface area (Å²) in [6, 6.07) is 29.6. The molecule has 5 N–H and O–H groups in total. The van der Waals surface area contributed by atoms with E-state index in [2.05, 4.69) is 10.2 Å². The third-order valence-corrected chi connectivity index (χ3v) is 10.8. The van der Waals surface area contributed by atoms with Crippen molar-refractivity contribution in [1.29, 1.82) is 0 Å². The summed E-state index contributed by atoms with van der Waals surface area (Å²) in [5.74, 6) is 0.802. The monoisotopic (exact) mass is 713 g/mol. The largest absolute Gasteiger partial charge is 0.481 e. The average Bonchev–Trinajstić information content (AvgIpc) is 3.49. The summed E-state index contributed by atoms with van der Waals surface area (Å²) in [7, 11) is -3.42. The fourth-order valence-electron chi connectivity index (χ4n) is 6.60. The van der Waals surface area contributed by atoms with Crippen molar-refractivity contribution in [3.05, 3.63) is 125 Å². The maximum absolute atomic E-state index is 15.0. The fraction of sp³-hybridized carbons (Fsp3) is 0.316. The van der Waals surface area contributed by atoms with Crippen LogP contribution in [0.4, 0.5) is 10.6 Å². The van der Waals surface area contributed by atoms with Crippen molar-refractivity contribution in [2.24, 2.45) is 0 Å². The first-order valence-corrected chi connectivity index (χ1v) is 18.8. The van der Waals surface area contributed by atoms with Gasteiger partial charge in [-0.1, -0.05) is 78.9 Å². The number of benzene rings is 4. The molecule has 51 heavy (non-hydrogen) atoms. The summed E-state index contributed by atoms with van der Waals surface area (Å²) in [4.78, 5) is 18.3. The zero-order valence-electron chi connectivity index (χ0n) is 28.7. The van der Waals surface area contributed by atoms with Crippen LogP contribution in [0.3, 0.4) is 0 Å². The van der Waals surface area contributed by atoms with Crippen molar-refractivity contribution in [2.45, 2.75) is 57.6 Å². The Hall–Kier alpha value is -4.71. The highest BCUT2D eigenvalue weighted by Gasteiger charge is 2.47. The van der Waals surface area contributed by atoms with Crippen LogP contribution < -0.4 is 10.5 Å². The Morgan fingerprint density at radius 3 is 2.10 bits per heavy atom. The summed E-state index contributed by atoms with van der Waals surface area (Å²) in [6.45, 7) is 4.18. The SMILES string of the molecule is CCOP(=O)(COc1ccc(CN2C(=O)N(Cc3ccc4[nH]nc(N)c4c3)[C@H](Cc3ccccc3)[C@H](O)[C@@H](O)C2c2ccccc2)cc1)OCC. The molecule has 4 aromatic carbocycles. The van der Waals surface area contributed by atoms with Gasteiger partial charge in [0, 0.05) is 18.5 Å². The minimum Gasteiger partial charge on any atom is -0.481 e. The molecule has 0 aliphatic carbocycles. The number of H-pyrrole nitrogens is 1. The predicted molar refractivity (Wildman–Crippen MR) is 195 cm³/mol. The third kappa shape index (κ3) is 8.27. The highest BCUT2D eigenvalue weighted by atomic mass is 31.2. The van der Waals surface area contributed by atoms with E-state index in [0.717, 1.165) is 27.6 Å². The van der Waals surface area contributed by atoms with Crippen LogP contribution in [0.15, 0.2) is 103 Å². The second-order valence-electron chi connectivity index (χ2n) is 12.5. The van der Waals surface area contributed by atoms with E-state index in [1.165, 1.54) is 0 Å². The van der Waals surface area contributed by atoms with Gasteiger partial charge in [-0.15, -0.1) is 0 Å². The molecule has 13 heteroatoms. The maximum atomic E-state index is 15.0. The summed E-state index contributed by atoms with van der Waals surface area (Å²) in [6.07, 6.45) is -2.55. The van der Waals surface area contributed by atoms with Crippen LogP contribution >= 0.6 is 7.60 Å². The number of fused-ring (bicyclic) bond motifs is 1. The van der Waals surface area contributed by atoms with Crippen LogP contribution in [-0.4, -0.2) is 74.1 Å². The van der Waals surface area contributed by atoms with Gasteiger partial charge < -0.3 is 39.5 Å². The first-order valence-electron chi connectivity index (χ1n) is 17.0. The van der Waals surface area contributed by atoms with E-state index in [0.29, 0.717) is 23.6 Å². The van der Waals surface area contributed by atoms with Crippen molar-refractivity contribution in [2.75, 3.05) is 25.3 Å². The number of carbonyl (C=O) groups excluding carboxylic acids is 1. The van der Waals surface area contributed by atoms with Crippen LogP contribution in [-0.2, 0) is 33.1 Å². The molecule has 1 unspecified atom stereocenters. The number of urea groups is 1. The summed E-state index contributed by atoms with van der Waals surface area (Å²) >= 11 is 0. The number of nitrogens with zero attached hydrogens (tertiary/aromatic N) is 3. The number of hydrogen-bond donors (Lipinski definition) is 4. The number of aromatic amines is 1. The predicted octanol–water partition coefficient (Wildman–Crippen LogP) is 6.26. The lowest BCUT2D eigenvalue weighted by atomic mass is 9.90. The highest BCUT2D eigenvalue weighted by molar-refractivity contribution is 7.53. The topological polar surface area (TPSA) is 163 Å². The quantitative estimate of drug-likeness (QED) is 0.0973. The lowest BCUT2D eigenvalue weighted by Crippen LogP contribution is -2.50. The van der Waals surface area contributed by atoms with E-state index in [1.54, 1.807) is 35.8 Å². The molecule has 1 aliphatic rings.